The van der Waals surface area contributed by atoms with E-state index in [4.69, 9.17) is 0 Å². The summed E-state index contributed by atoms with van der Waals surface area (Å²) in [6, 6.07) is 2.22. The van der Waals surface area contributed by atoms with Crippen LogP contribution in [0.4, 0.5) is 5.69 Å². The molecule has 0 saturated heterocycles. The number of pyridine rings is 1. The first-order valence-electron chi connectivity index (χ1n) is 8.70. The zero-order valence-electron chi connectivity index (χ0n) is 16.0. The van der Waals surface area contributed by atoms with Gasteiger partial charge >= 0.3 is 0 Å². The Morgan fingerprint density at radius 1 is 1.33 bits per heavy atom. The van der Waals surface area contributed by atoms with Gasteiger partial charge in [0, 0.05) is 17.6 Å². The highest BCUT2D eigenvalue weighted by atomic mass is 32.1. The number of carbonyl (C=O) groups excluding carboxylic acids is 1. The van der Waals surface area contributed by atoms with E-state index in [1.165, 1.54) is 17.8 Å². The van der Waals surface area contributed by atoms with Crippen LogP contribution >= 0.6 is 11.3 Å². The number of hydrogen-bond donors (Lipinski definition) is 1. The number of aliphatic imine (C=N–C) groups is 1. The fourth-order valence-corrected chi connectivity index (χ4v) is 2.75. The molecule has 2 aromatic heterocycles. The van der Waals surface area contributed by atoms with Crippen LogP contribution in [0.5, 0.6) is 0 Å². The molecular weight excluding hydrogens is 318 g/mol. The van der Waals surface area contributed by atoms with Gasteiger partial charge in [0.1, 0.15) is 4.83 Å². The van der Waals surface area contributed by atoms with E-state index in [0.717, 1.165) is 34.2 Å². The third-order valence-electron chi connectivity index (χ3n) is 3.06. The van der Waals surface area contributed by atoms with Gasteiger partial charge in [-0.15, -0.1) is 11.3 Å². The van der Waals surface area contributed by atoms with Gasteiger partial charge in [-0.1, -0.05) is 41.0 Å². The molecule has 0 amide bonds. The molecule has 0 saturated carbocycles. The van der Waals surface area contributed by atoms with E-state index in [1.54, 1.807) is 12.5 Å². The molecule has 4 nitrogen and oxygen atoms in total. The second kappa shape index (κ2) is 12.6. The van der Waals surface area contributed by atoms with Gasteiger partial charge in [0.2, 0.25) is 0 Å². The van der Waals surface area contributed by atoms with Crippen molar-refractivity contribution in [3.8, 4) is 0 Å². The summed E-state index contributed by atoms with van der Waals surface area (Å²) >= 11 is 1.40. The smallest absolute Gasteiger partial charge is 0.162 e. The van der Waals surface area contributed by atoms with Crippen molar-refractivity contribution >= 4 is 39.9 Å². The molecule has 2 rings (SSSR count). The molecule has 1 unspecified atom stereocenters. The average molecular weight is 350 g/mol. The summed E-state index contributed by atoms with van der Waals surface area (Å²) in [5.41, 5.74) is 1.92. The van der Waals surface area contributed by atoms with Crippen molar-refractivity contribution in [3.05, 3.63) is 22.7 Å². The molecule has 0 fully saturated rings. The number of aromatic nitrogens is 1. The Balaban J connectivity index is 0.000000952. The zero-order chi connectivity index (χ0) is 18.5. The van der Waals surface area contributed by atoms with Crippen LogP contribution in [0.15, 0.2) is 17.3 Å². The van der Waals surface area contributed by atoms with Crippen molar-refractivity contribution in [3.63, 3.8) is 0 Å². The standard InChI is InChI=1S/C14H17N3OS.C3H8.C2H6/c1-4-10(3)16-8-17-13-11(7-18)19-14-12(13)9(2)5-6-15-14;1-3-2;1-2/h5-8,10H,4H2,1-3H3,(H,16,17);3H2,1-2H3;1-2H3. The SMILES string of the molecule is CC.CCC.CCC(C)N=CNc1c(C=O)sc2nccc(C)c12. The maximum Gasteiger partial charge on any atom is 0.162 e. The molecule has 24 heavy (non-hydrogen) atoms. The van der Waals surface area contributed by atoms with E-state index >= 15 is 0 Å². The molecule has 0 aliphatic rings. The van der Waals surface area contributed by atoms with Gasteiger partial charge in [0.15, 0.2) is 6.29 Å². The Morgan fingerprint density at radius 3 is 2.50 bits per heavy atom. The lowest BCUT2D eigenvalue weighted by Crippen LogP contribution is -2.02. The number of aldehydes is 1. The molecule has 5 heteroatoms. The molecule has 0 bridgehead atoms. The second-order valence-electron chi connectivity index (χ2n) is 5.15. The van der Waals surface area contributed by atoms with Crippen LogP contribution in [0, 0.1) is 6.92 Å². The summed E-state index contributed by atoms with van der Waals surface area (Å²) in [5.74, 6) is 0. The van der Waals surface area contributed by atoms with Crippen LogP contribution in [-0.2, 0) is 0 Å². The Labute approximate surface area is 150 Å². The summed E-state index contributed by atoms with van der Waals surface area (Å²) < 4.78 is 0. The molecule has 0 radical (unpaired) electrons. The molecule has 1 N–H and O–H groups in total. The fourth-order valence-electron chi connectivity index (χ4n) is 1.75. The predicted molar refractivity (Wildman–Crippen MR) is 109 cm³/mol. The maximum absolute atomic E-state index is 11.2. The van der Waals surface area contributed by atoms with Crippen molar-refractivity contribution in [1.82, 2.24) is 4.98 Å². The van der Waals surface area contributed by atoms with Crippen LogP contribution in [0.2, 0.25) is 0 Å². The van der Waals surface area contributed by atoms with Crippen molar-refractivity contribution in [1.29, 1.82) is 0 Å². The van der Waals surface area contributed by atoms with Crippen molar-refractivity contribution < 1.29 is 4.79 Å². The van der Waals surface area contributed by atoms with E-state index < -0.39 is 0 Å². The first-order valence-corrected chi connectivity index (χ1v) is 9.51. The fraction of sp³-hybridized carbons (Fsp3) is 0.526. The molecule has 134 valence electrons. The van der Waals surface area contributed by atoms with E-state index in [9.17, 15) is 4.79 Å². The molecule has 0 spiro atoms. The van der Waals surface area contributed by atoms with Gasteiger partial charge < -0.3 is 5.32 Å². The Kier molecular flexibility index (Phi) is 11.7. The third kappa shape index (κ3) is 6.40. The van der Waals surface area contributed by atoms with E-state index in [1.807, 2.05) is 26.8 Å². The molecule has 0 aliphatic carbocycles. The zero-order valence-corrected chi connectivity index (χ0v) is 16.8. The van der Waals surface area contributed by atoms with E-state index in [2.05, 4.69) is 43.0 Å². The molecule has 2 heterocycles. The highest BCUT2D eigenvalue weighted by Crippen LogP contribution is 2.35. The van der Waals surface area contributed by atoms with Crippen molar-refractivity contribution in [2.75, 3.05) is 5.32 Å². The third-order valence-corrected chi connectivity index (χ3v) is 4.09. The second-order valence-corrected chi connectivity index (χ2v) is 6.18. The maximum atomic E-state index is 11.2. The van der Waals surface area contributed by atoms with Gasteiger partial charge in [-0.3, -0.25) is 9.79 Å². The van der Waals surface area contributed by atoms with Gasteiger partial charge in [-0.2, -0.15) is 0 Å². The number of nitrogens with one attached hydrogen (secondary N) is 1. The number of thiophene rings is 1. The molecule has 0 aromatic carbocycles. The number of rotatable bonds is 5. The largest absolute Gasteiger partial charge is 0.345 e. The van der Waals surface area contributed by atoms with Crippen LogP contribution in [0.3, 0.4) is 0 Å². The summed E-state index contributed by atoms with van der Waals surface area (Å²) in [4.78, 5) is 21.4. The Hall–Kier alpha value is -1.75. The summed E-state index contributed by atoms with van der Waals surface area (Å²) in [7, 11) is 0. The Bertz CT molecular complexity index is 635. The van der Waals surface area contributed by atoms with Crippen LogP contribution in [0.25, 0.3) is 10.2 Å². The first-order chi connectivity index (χ1) is 11.6. The summed E-state index contributed by atoms with van der Waals surface area (Å²) in [6.45, 7) is 14.4. The lowest BCUT2D eigenvalue weighted by Gasteiger charge is -2.04. The molecular formula is C19H31N3OS. The minimum absolute atomic E-state index is 0.274. The number of aryl methyl sites for hydroxylation is 1. The normalized spacial score (nSPS) is 11.3. The van der Waals surface area contributed by atoms with E-state index in [-0.39, 0.29) is 6.04 Å². The monoisotopic (exact) mass is 349 g/mol. The average Bonchev–Trinajstić information content (AvgIpc) is 2.96. The highest BCUT2D eigenvalue weighted by molar-refractivity contribution is 7.21. The number of fused-ring (bicyclic) bond motifs is 1. The highest BCUT2D eigenvalue weighted by Gasteiger charge is 2.13. The van der Waals surface area contributed by atoms with Crippen molar-refractivity contribution in [2.45, 2.75) is 67.3 Å². The number of nitrogens with zero attached hydrogens (tertiary/aromatic N) is 2. The summed E-state index contributed by atoms with van der Waals surface area (Å²) in [6.07, 6.45) is 6.55. The summed E-state index contributed by atoms with van der Waals surface area (Å²) in [5, 5.41) is 4.15. The van der Waals surface area contributed by atoms with Gasteiger partial charge in [-0.05, 0) is 31.9 Å². The van der Waals surface area contributed by atoms with Crippen LogP contribution in [-0.4, -0.2) is 23.7 Å². The lowest BCUT2D eigenvalue weighted by molar-refractivity contribution is 0.112. The van der Waals surface area contributed by atoms with Crippen LogP contribution in [0.1, 0.15) is 69.6 Å². The van der Waals surface area contributed by atoms with Gasteiger partial charge in [-0.25, -0.2) is 4.98 Å². The number of hydrogen-bond acceptors (Lipinski definition) is 4. The predicted octanol–water partition coefficient (Wildman–Crippen LogP) is 6.10. The molecule has 0 aliphatic heterocycles. The number of anilines is 1. The minimum atomic E-state index is 0.274. The van der Waals surface area contributed by atoms with Crippen molar-refractivity contribution in [2.24, 2.45) is 4.99 Å². The first kappa shape index (κ1) is 22.2. The van der Waals surface area contributed by atoms with E-state index in [0.29, 0.717) is 4.88 Å². The quantitative estimate of drug-likeness (QED) is 0.403. The number of carbonyl (C=O) groups is 1. The van der Waals surface area contributed by atoms with Crippen LogP contribution < -0.4 is 5.32 Å². The van der Waals surface area contributed by atoms with Gasteiger partial charge in [0.25, 0.3) is 0 Å². The minimum Gasteiger partial charge on any atom is -0.345 e. The lowest BCUT2D eigenvalue weighted by atomic mass is 10.2. The molecule has 2 aromatic rings. The van der Waals surface area contributed by atoms with Gasteiger partial charge in [0.05, 0.1) is 16.9 Å². The topological polar surface area (TPSA) is 54.4 Å². The Morgan fingerprint density at radius 2 is 1.96 bits per heavy atom. The molecule has 1 atom stereocenters.